The number of unbranched alkanes of at least 4 members (excludes halogenated alkanes) is 5. The van der Waals surface area contributed by atoms with Crippen LogP contribution in [0.5, 0.6) is 5.75 Å². The highest BCUT2D eigenvalue weighted by Crippen LogP contribution is 2.52. The number of cyclic esters (lactones) is 1. The molecule has 222 valence electrons. The lowest BCUT2D eigenvalue weighted by Gasteiger charge is -2.32. The average molecular weight is 567 g/mol. The average Bonchev–Trinajstić information content (AvgIpc) is 3.47. The summed E-state index contributed by atoms with van der Waals surface area (Å²) in [5.74, 6) is 0.524. The van der Waals surface area contributed by atoms with Crippen LogP contribution >= 0.6 is 0 Å². The number of hydrogen-bond acceptors (Lipinski definition) is 4. The normalized spacial score (nSPS) is 16.1. The van der Waals surface area contributed by atoms with E-state index < -0.39 is 5.60 Å². The Kier molecular flexibility index (Phi) is 9.25. The highest BCUT2D eigenvalue weighted by Gasteiger charge is 2.51. The van der Waals surface area contributed by atoms with Crippen molar-refractivity contribution in [3.05, 3.63) is 94.7 Å². The fourth-order valence-electron chi connectivity index (χ4n) is 6.81. The molecule has 1 unspecified atom stereocenters. The number of esters is 1. The number of fused-ring (bicyclic) bond motifs is 2. The van der Waals surface area contributed by atoms with E-state index in [2.05, 4.69) is 85.7 Å². The van der Waals surface area contributed by atoms with Crippen molar-refractivity contribution in [2.75, 3.05) is 24.6 Å². The van der Waals surface area contributed by atoms with Crippen LogP contribution in [0.25, 0.3) is 10.9 Å². The second kappa shape index (κ2) is 13.1. The van der Waals surface area contributed by atoms with Crippen molar-refractivity contribution in [1.29, 1.82) is 0 Å². The van der Waals surface area contributed by atoms with E-state index in [4.69, 9.17) is 9.47 Å². The maximum absolute atomic E-state index is 13.6. The standard InChI is InChI=1S/C37H46N2O3/c1-6-10-11-12-13-18-25-39-27(5)35(30-20-15-17-22-32(30)39)37(31-21-16-14-19-29(31)36(40)42-37)28-23-24-33(38(7-2)8-3)34(26-28)41-9-4/h14-17,19-24,26H,6-13,18,25H2,1-5H3. The van der Waals surface area contributed by atoms with Crippen LogP contribution in [-0.2, 0) is 16.9 Å². The van der Waals surface area contributed by atoms with Crippen LogP contribution in [0.1, 0.15) is 99.0 Å². The summed E-state index contributed by atoms with van der Waals surface area (Å²) in [6, 6.07) is 22.8. The van der Waals surface area contributed by atoms with Gasteiger partial charge in [-0.1, -0.05) is 81.5 Å². The van der Waals surface area contributed by atoms with Crippen LogP contribution in [0, 0.1) is 6.92 Å². The molecule has 5 rings (SSSR count). The molecule has 0 bridgehead atoms. The third-order valence-corrected chi connectivity index (χ3v) is 8.86. The van der Waals surface area contributed by atoms with Gasteiger partial charge < -0.3 is 18.9 Å². The number of ether oxygens (including phenoxy) is 2. The highest BCUT2D eigenvalue weighted by atomic mass is 16.6. The smallest absolute Gasteiger partial charge is 0.340 e. The van der Waals surface area contributed by atoms with E-state index >= 15 is 0 Å². The molecule has 4 aromatic rings. The number of para-hydroxylation sites is 1. The number of aryl methyl sites for hydroxylation is 1. The van der Waals surface area contributed by atoms with Crippen molar-refractivity contribution >= 4 is 22.6 Å². The SMILES string of the molecule is CCCCCCCCn1c(C)c(C2(c3ccc(N(CC)CC)c(OCC)c3)OC(=O)c3ccccc32)c2ccccc21. The topological polar surface area (TPSA) is 43.7 Å². The Balaban J connectivity index is 1.71. The number of rotatable bonds is 14. The van der Waals surface area contributed by atoms with Gasteiger partial charge in [-0.3, -0.25) is 0 Å². The van der Waals surface area contributed by atoms with Gasteiger partial charge in [0.15, 0.2) is 5.60 Å². The zero-order valence-electron chi connectivity index (χ0n) is 26.0. The number of aromatic nitrogens is 1. The van der Waals surface area contributed by atoms with Crippen molar-refractivity contribution < 1.29 is 14.3 Å². The zero-order valence-corrected chi connectivity index (χ0v) is 26.0. The molecule has 0 saturated heterocycles. The lowest BCUT2D eigenvalue weighted by atomic mass is 9.78. The molecule has 1 aromatic heterocycles. The Morgan fingerprint density at radius 2 is 1.57 bits per heavy atom. The number of carbonyl (C=O) groups excluding carboxylic acids is 1. The molecule has 0 fully saturated rings. The van der Waals surface area contributed by atoms with E-state index in [-0.39, 0.29) is 5.97 Å². The fourth-order valence-corrected chi connectivity index (χ4v) is 6.81. The number of carbonyl (C=O) groups is 1. The number of benzene rings is 3. The summed E-state index contributed by atoms with van der Waals surface area (Å²) in [4.78, 5) is 15.9. The predicted octanol–water partition coefficient (Wildman–Crippen LogP) is 9.02. The first-order chi connectivity index (χ1) is 20.5. The van der Waals surface area contributed by atoms with Gasteiger partial charge in [0.2, 0.25) is 0 Å². The molecule has 0 radical (unpaired) electrons. The van der Waals surface area contributed by atoms with Gasteiger partial charge in [0, 0.05) is 52.9 Å². The predicted molar refractivity (Wildman–Crippen MR) is 173 cm³/mol. The molecular weight excluding hydrogens is 520 g/mol. The molecule has 5 heteroatoms. The van der Waals surface area contributed by atoms with Gasteiger partial charge in [-0.2, -0.15) is 0 Å². The van der Waals surface area contributed by atoms with E-state index in [9.17, 15) is 4.79 Å². The molecule has 0 aliphatic carbocycles. The molecule has 2 heterocycles. The largest absolute Gasteiger partial charge is 0.492 e. The van der Waals surface area contributed by atoms with Gasteiger partial charge in [0.25, 0.3) is 0 Å². The maximum Gasteiger partial charge on any atom is 0.340 e. The highest BCUT2D eigenvalue weighted by molar-refractivity contribution is 5.98. The fraction of sp³-hybridized carbons (Fsp3) is 0.432. The second-order valence-electron chi connectivity index (χ2n) is 11.3. The number of nitrogens with zero attached hydrogens (tertiary/aromatic N) is 2. The summed E-state index contributed by atoms with van der Waals surface area (Å²) in [5, 5.41) is 1.12. The molecule has 5 nitrogen and oxygen atoms in total. The lowest BCUT2D eigenvalue weighted by molar-refractivity contribution is 0.0253. The van der Waals surface area contributed by atoms with E-state index in [0.29, 0.717) is 12.2 Å². The van der Waals surface area contributed by atoms with Gasteiger partial charge >= 0.3 is 5.97 Å². The third-order valence-electron chi connectivity index (χ3n) is 8.86. The van der Waals surface area contributed by atoms with E-state index in [1.54, 1.807) is 0 Å². The van der Waals surface area contributed by atoms with Crippen molar-refractivity contribution in [3.63, 3.8) is 0 Å². The molecule has 1 aliphatic rings. The van der Waals surface area contributed by atoms with Gasteiger partial charge in [-0.05, 0) is 58.4 Å². The minimum Gasteiger partial charge on any atom is -0.492 e. The number of anilines is 1. The Morgan fingerprint density at radius 1 is 0.857 bits per heavy atom. The number of hydrogen-bond donors (Lipinski definition) is 0. The van der Waals surface area contributed by atoms with Crippen LogP contribution in [0.3, 0.4) is 0 Å². The molecule has 0 N–H and O–H groups in total. The van der Waals surface area contributed by atoms with E-state index in [0.717, 1.165) is 65.3 Å². The minimum atomic E-state index is -1.09. The molecule has 42 heavy (non-hydrogen) atoms. The first-order valence-electron chi connectivity index (χ1n) is 15.9. The summed E-state index contributed by atoms with van der Waals surface area (Å²) in [6.07, 6.45) is 7.48. The van der Waals surface area contributed by atoms with Gasteiger partial charge in [-0.25, -0.2) is 4.79 Å². The summed E-state index contributed by atoms with van der Waals surface area (Å²) >= 11 is 0. The summed E-state index contributed by atoms with van der Waals surface area (Å²) in [5.41, 5.74) is 5.75. The monoisotopic (exact) mass is 566 g/mol. The first-order valence-corrected chi connectivity index (χ1v) is 15.9. The molecule has 0 spiro atoms. The van der Waals surface area contributed by atoms with Gasteiger partial charge in [0.1, 0.15) is 5.75 Å². The Bertz CT molecular complexity index is 1530. The summed E-state index contributed by atoms with van der Waals surface area (Å²) in [6.45, 7) is 14.0. The lowest BCUT2D eigenvalue weighted by Crippen LogP contribution is -2.31. The Morgan fingerprint density at radius 3 is 2.33 bits per heavy atom. The molecule has 0 saturated carbocycles. The van der Waals surface area contributed by atoms with Crippen LogP contribution in [0.2, 0.25) is 0 Å². The molecule has 3 aromatic carbocycles. The van der Waals surface area contributed by atoms with Crippen molar-refractivity contribution in [3.8, 4) is 5.75 Å². The third kappa shape index (κ3) is 5.19. The van der Waals surface area contributed by atoms with E-state index in [1.807, 2.05) is 25.1 Å². The molecule has 1 aliphatic heterocycles. The van der Waals surface area contributed by atoms with Gasteiger partial charge in [0.05, 0.1) is 17.9 Å². The summed E-state index contributed by atoms with van der Waals surface area (Å²) in [7, 11) is 0. The molecular formula is C37H46N2O3. The van der Waals surface area contributed by atoms with Gasteiger partial charge in [-0.15, -0.1) is 0 Å². The minimum absolute atomic E-state index is 0.288. The van der Waals surface area contributed by atoms with Crippen molar-refractivity contribution in [2.45, 2.75) is 85.3 Å². The maximum atomic E-state index is 13.6. The first kappa shape index (κ1) is 29.8. The van der Waals surface area contributed by atoms with Crippen LogP contribution in [0.15, 0.2) is 66.7 Å². The van der Waals surface area contributed by atoms with Crippen LogP contribution < -0.4 is 9.64 Å². The quantitative estimate of drug-likeness (QED) is 0.113. The molecule has 0 amide bonds. The Labute approximate surface area is 251 Å². The zero-order chi connectivity index (χ0) is 29.7. The van der Waals surface area contributed by atoms with Crippen molar-refractivity contribution in [1.82, 2.24) is 4.57 Å². The second-order valence-corrected chi connectivity index (χ2v) is 11.3. The van der Waals surface area contributed by atoms with Crippen molar-refractivity contribution in [2.24, 2.45) is 0 Å². The van der Waals surface area contributed by atoms with Crippen LogP contribution in [-0.4, -0.2) is 30.2 Å². The Hall–Kier alpha value is -3.73. The molecule has 1 atom stereocenters. The van der Waals surface area contributed by atoms with Crippen LogP contribution in [0.4, 0.5) is 5.69 Å². The summed E-state index contributed by atoms with van der Waals surface area (Å²) < 4.78 is 15.3. The van der Waals surface area contributed by atoms with E-state index in [1.165, 1.54) is 37.6 Å².